The molecule has 0 amide bonds. The molecule has 4 heteroatoms. The predicted molar refractivity (Wildman–Crippen MR) is 65.5 cm³/mol. The van der Waals surface area contributed by atoms with E-state index in [1.165, 1.54) is 12.8 Å². The van der Waals surface area contributed by atoms with Crippen molar-refractivity contribution in [3.05, 3.63) is 17.7 Å². The summed E-state index contributed by atoms with van der Waals surface area (Å²) in [6.45, 7) is 6.92. The molecule has 0 bridgehead atoms. The minimum atomic E-state index is 0.359. The first-order valence-corrected chi connectivity index (χ1v) is 6.03. The number of hydrogen-bond acceptors (Lipinski definition) is 4. The summed E-state index contributed by atoms with van der Waals surface area (Å²) in [6, 6.07) is 0. The Bertz CT molecular complexity index is 356. The molecule has 4 nitrogen and oxygen atoms in total. The van der Waals surface area contributed by atoms with Crippen LogP contribution in [-0.4, -0.2) is 23.1 Å². The van der Waals surface area contributed by atoms with Crippen molar-refractivity contribution in [2.75, 3.05) is 18.0 Å². The van der Waals surface area contributed by atoms with Gasteiger partial charge >= 0.3 is 0 Å². The lowest BCUT2D eigenvalue weighted by atomic mass is 10.2. The number of aromatic nitrogens is 2. The third-order valence-electron chi connectivity index (χ3n) is 3.02. The fraction of sp³-hybridized carbons (Fsp3) is 0.667. The number of nitrogens with zero attached hydrogens (tertiary/aromatic N) is 3. The zero-order valence-electron chi connectivity index (χ0n) is 10.1. The van der Waals surface area contributed by atoms with Crippen molar-refractivity contribution in [3.63, 3.8) is 0 Å². The standard InChI is InChI=1S/C12H20N4/c1-9(2)12-14-8-11(10(7-13)15-12)16-5-3-4-6-16/h8-9H,3-7,13H2,1-2H3. The molecular weight excluding hydrogens is 200 g/mol. The van der Waals surface area contributed by atoms with Gasteiger partial charge in [0.25, 0.3) is 0 Å². The first-order chi connectivity index (χ1) is 7.72. The fourth-order valence-electron chi connectivity index (χ4n) is 2.08. The average Bonchev–Trinajstić information content (AvgIpc) is 2.81. The van der Waals surface area contributed by atoms with E-state index in [4.69, 9.17) is 5.73 Å². The van der Waals surface area contributed by atoms with Crippen molar-refractivity contribution < 1.29 is 0 Å². The maximum Gasteiger partial charge on any atom is 0.131 e. The van der Waals surface area contributed by atoms with E-state index in [0.29, 0.717) is 12.5 Å². The molecule has 2 heterocycles. The van der Waals surface area contributed by atoms with E-state index in [-0.39, 0.29) is 0 Å². The molecular formula is C12H20N4. The van der Waals surface area contributed by atoms with E-state index in [2.05, 4.69) is 28.7 Å². The highest BCUT2D eigenvalue weighted by atomic mass is 15.2. The molecule has 88 valence electrons. The Hall–Kier alpha value is -1.16. The summed E-state index contributed by atoms with van der Waals surface area (Å²) in [5.74, 6) is 1.25. The molecule has 0 aromatic carbocycles. The molecule has 0 unspecified atom stereocenters. The van der Waals surface area contributed by atoms with E-state index in [1.807, 2.05) is 6.20 Å². The van der Waals surface area contributed by atoms with Crippen LogP contribution in [0.1, 0.15) is 44.1 Å². The van der Waals surface area contributed by atoms with Gasteiger partial charge < -0.3 is 10.6 Å². The molecule has 1 aromatic rings. The van der Waals surface area contributed by atoms with Crippen molar-refractivity contribution in [1.82, 2.24) is 9.97 Å². The van der Waals surface area contributed by atoms with E-state index >= 15 is 0 Å². The second kappa shape index (κ2) is 4.78. The Balaban J connectivity index is 2.30. The first-order valence-electron chi connectivity index (χ1n) is 6.03. The number of nitrogens with two attached hydrogens (primary N) is 1. The Kier molecular flexibility index (Phi) is 3.39. The van der Waals surface area contributed by atoms with Crippen LogP contribution in [0.15, 0.2) is 6.20 Å². The van der Waals surface area contributed by atoms with Gasteiger partial charge in [-0.25, -0.2) is 9.97 Å². The lowest BCUT2D eigenvalue weighted by molar-refractivity contribution is 0.750. The zero-order chi connectivity index (χ0) is 11.5. The molecule has 2 rings (SSSR count). The minimum Gasteiger partial charge on any atom is -0.369 e. The Morgan fingerprint density at radius 3 is 2.62 bits per heavy atom. The molecule has 0 spiro atoms. The molecule has 2 N–H and O–H groups in total. The molecule has 1 aliphatic rings. The molecule has 0 atom stereocenters. The molecule has 0 radical (unpaired) electrons. The van der Waals surface area contributed by atoms with Crippen molar-refractivity contribution in [2.45, 2.75) is 39.2 Å². The van der Waals surface area contributed by atoms with E-state index in [0.717, 1.165) is 30.3 Å². The summed E-state index contributed by atoms with van der Waals surface area (Å²) >= 11 is 0. The van der Waals surface area contributed by atoms with Gasteiger partial charge in [0.15, 0.2) is 0 Å². The van der Waals surface area contributed by atoms with Crippen LogP contribution in [0.25, 0.3) is 0 Å². The van der Waals surface area contributed by atoms with Crippen molar-refractivity contribution in [3.8, 4) is 0 Å². The van der Waals surface area contributed by atoms with Gasteiger partial charge in [-0.3, -0.25) is 0 Å². The van der Waals surface area contributed by atoms with Crippen LogP contribution in [-0.2, 0) is 6.54 Å². The van der Waals surface area contributed by atoms with Gasteiger partial charge in [-0.2, -0.15) is 0 Å². The second-order valence-electron chi connectivity index (χ2n) is 4.61. The normalized spacial score (nSPS) is 16.1. The van der Waals surface area contributed by atoms with E-state index in [9.17, 15) is 0 Å². The van der Waals surface area contributed by atoms with Crippen LogP contribution < -0.4 is 10.6 Å². The smallest absolute Gasteiger partial charge is 0.131 e. The van der Waals surface area contributed by atoms with Crippen molar-refractivity contribution in [2.24, 2.45) is 5.73 Å². The average molecular weight is 220 g/mol. The summed E-state index contributed by atoms with van der Waals surface area (Å²) in [7, 11) is 0. The summed E-state index contributed by atoms with van der Waals surface area (Å²) in [5, 5.41) is 0. The highest BCUT2D eigenvalue weighted by Gasteiger charge is 2.17. The van der Waals surface area contributed by atoms with Gasteiger partial charge in [0, 0.05) is 25.6 Å². The van der Waals surface area contributed by atoms with Crippen LogP contribution in [0.3, 0.4) is 0 Å². The zero-order valence-corrected chi connectivity index (χ0v) is 10.1. The lowest BCUT2D eigenvalue weighted by Gasteiger charge is -2.20. The van der Waals surface area contributed by atoms with Crippen molar-refractivity contribution >= 4 is 5.69 Å². The molecule has 1 aliphatic heterocycles. The number of rotatable bonds is 3. The van der Waals surface area contributed by atoms with Gasteiger partial charge in [-0.05, 0) is 12.8 Å². The summed E-state index contributed by atoms with van der Waals surface area (Å²) < 4.78 is 0. The highest BCUT2D eigenvalue weighted by molar-refractivity contribution is 5.49. The second-order valence-corrected chi connectivity index (χ2v) is 4.61. The van der Waals surface area contributed by atoms with Crippen LogP contribution in [0.5, 0.6) is 0 Å². The maximum absolute atomic E-state index is 5.77. The Morgan fingerprint density at radius 2 is 2.06 bits per heavy atom. The van der Waals surface area contributed by atoms with Gasteiger partial charge in [0.2, 0.25) is 0 Å². The highest BCUT2D eigenvalue weighted by Crippen LogP contribution is 2.23. The first kappa shape index (κ1) is 11.3. The molecule has 1 saturated heterocycles. The summed E-state index contributed by atoms with van der Waals surface area (Å²) in [5.41, 5.74) is 7.89. The predicted octanol–water partition coefficient (Wildman–Crippen LogP) is 1.66. The third kappa shape index (κ3) is 2.16. The van der Waals surface area contributed by atoms with Crippen LogP contribution >= 0.6 is 0 Å². The molecule has 1 aromatic heterocycles. The van der Waals surface area contributed by atoms with Crippen LogP contribution in [0, 0.1) is 0 Å². The van der Waals surface area contributed by atoms with Gasteiger partial charge in [0.1, 0.15) is 5.82 Å². The number of hydrogen-bond donors (Lipinski definition) is 1. The largest absolute Gasteiger partial charge is 0.369 e. The molecule has 0 saturated carbocycles. The summed E-state index contributed by atoms with van der Waals surface area (Å²) in [4.78, 5) is 11.3. The van der Waals surface area contributed by atoms with Gasteiger partial charge in [-0.1, -0.05) is 13.8 Å². The van der Waals surface area contributed by atoms with E-state index in [1.54, 1.807) is 0 Å². The van der Waals surface area contributed by atoms with Crippen LogP contribution in [0.4, 0.5) is 5.69 Å². The SMILES string of the molecule is CC(C)c1ncc(N2CCCC2)c(CN)n1. The third-order valence-corrected chi connectivity index (χ3v) is 3.02. The monoisotopic (exact) mass is 220 g/mol. The molecule has 16 heavy (non-hydrogen) atoms. The topological polar surface area (TPSA) is 55.0 Å². The number of anilines is 1. The lowest BCUT2D eigenvalue weighted by Crippen LogP contribution is -2.22. The van der Waals surface area contributed by atoms with E-state index < -0.39 is 0 Å². The molecule has 0 aliphatic carbocycles. The summed E-state index contributed by atoms with van der Waals surface area (Å²) in [6.07, 6.45) is 4.46. The van der Waals surface area contributed by atoms with Crippen molar-refractivity contribution in [1.29, 1.82) is 0 Å². The minimum absolute atomic E-state index is 0.359. The van der Waals surface area contributed by atoms with Gasteiger partial charge in [0.05, 0.1) is 17.6 Å². The van der Waals surface area contributed by atoms with Gasteiger partial charge in [-0.15, -0.1) is 0 Å². The maximum atomic E-state index is 5.77. The quantitative estimate of drug-likeness (QED) is 0.841. The Morgan fingerprint density at radius 1 is 1.38 bits per heavy atom. The Labute approximate surface area is 96.9 Å². The fourth-order valence-corrected chi connectivity index (χ4v) is 2.08. The molecule has 1 fully saturated rings. The van der Waals surface area contributed by atoms with Crippen LogP contribution in [0.2, 0.25) is 0 Å².